The number of carbonyl (C=O) groups excluding carboxylic acids is 1. The van der Waals surface area contributed by atoms with Crippen molar-refractivity contribution in [2.24, 2.45) is 0 Å². The molecule has 0 radical (unpaired) electrons. The first-order valence-electron chi connectivity index (χ1n) is 7.22. The zero-order valence-corrected chi connectivity index (χ0v) is 12.4. The van der Waals surface area contributed by atoms with Crippen LogP contribution >= 0.6 is 0 Å². The van der Waals surface area contributed by atoms with E-state index in [1.54, 1.807) is 7.11 Å². The predicted octanol–water partition coefficient (Wildman–Crippen LogP) is 2.26. The number of carbonyl (C=O) groups is 2. The molecule has 1 unspecified atom stereocenters. The molecule has 1 N–H and O–H groups in total. The lowest BCUT2D eigenvalue weighted by Gasteiger charge is -2.34. The van der Waals surface area contributed by atoms with E-state index >= 15 is 0 Å². The molecule has 1 fully saturated rings. The number of hydrogen-bond donors (Lipinski definition) is 1. The first-order chi connectivity index (χ1) is 10.0. The van der Waals surface area contributed by atoms with Crippen LogP contribution in [0.25, 0.3) is 0 Å². The summed E-state index contributed by atoms with van der Waals surface area (Å²) in [6.45, 7) is 2.34. The van der Waals surface area contributed by atoms with Crippen molar-refractivity contribution in [2.75, 3.05) is 13.7 Å². The number of nitrogens with zero attached hydrogens (tertiary/aromatic N) is 1. The predicted molar refractivity (Wildman–Crippen MR) is 78.4 cm³/mol. The van der Waals surface area contributed by atoms with Crippen LogP contribution in [0.2, 0.25) is 0 Å². The molecule has 1 aliphatic rings. The first-order valence-corrected chi connectivity index (χ1v) is 7.22. The normalized spacial score (nSPS) is 19.9. The van der Waals surface area contributed by atoms with Crippen LogP contribution < -0.4 is 4.74 Å². The zero-order valence-electron chi connectivity index (χ0n) is 12.4. The highest BCUT2D eigenvalue weighted by molar-refractivity contribution is 5.88. The second-order valence-corrected chi connectivity index (χ2v) is 5.38. The summed E-state index contributed by atoms with van der Waals surface area (Å²) in [6.07, 6.45) is 2.26. The summed E-state index contributed by atoms with van der Waals surface area (Å²) < 4.78 is 5.10. The van der Waals surface area contributed by atoms with Crippen molar-refractivity contribution >= 4 is 11.9 Å². The van der Waals surface area contributed by atoms with Crippen LogP contribution in [0.5, 0.6) is 5.75 Å². The number of carboxylic acids is 1. The molecule has 5 nitrogen and oxygen atoms in total. The lowest BCUT2D eigenvalue weighted by molar-refractivity contribution is -0.152. The maximum atomic E-state index is 12.6. The summed E-state index contributed by atoms with van der Waals surface area (Å²) in [7, 11) is 1.59. The topological polar surface area (TPSA) is 66.8 Å². The van der Waals surface area contributed by atoms with E-state index in [0.717, 1.165) is 24.2 Å². The summed E-state index contributed by atoms with van der Waals surface area (Å²) in [5.41, 5.74) is 0.871. The van der Waals surface area contributed by atoms with Crippen molar-refractivity contribution in [3.63, 3.8) is 0 Å². The quantitative estimate of drug-likeness (QED) is 0.924. The van der Waals surface area contributed by atoms with Gasteiger partial charge in [0.05, 0.1) is 13.0 Å². The first kappa shape index (κ1) is 15.4. The summed E-state index contributed by atoms with van der Waals surface area (Å²) in [6, 6.07) is 6.63. The van der Waals surface area contributed by atoms with Crippen LogP contribution in [0.1, 0.15) is 37.7 Å². The van der Waals surface area contributed by atoms with Crippen molar-refractivity contribution in [1.29, 1.82) is 0 Å². The van der Waals surface area contributed by atoms with Crippen LogP contribution in [0.15, 0.2) is 24.3 Å². The Hall–Kier alpha value is -2.04. The van der Waals surface area contributed by atoms with E-state index in [1.165, 1.54) is 4.90 Å². The molecule has 0 bridgehead atoms. The smallest absolute Gasteiger partial charge is 0.326 e. The molecule has 1 saturated heterocycles. The van der Waals surface area contributed by atoms with E-state index in [9.17, 15) is 14.7 Å². The number of amides is 1. The third-order valence-electron chi connectivity index (χ3n) is 4.06. The maximum Gasteiger partial charge on any atom is 0.326 e. The van der Waals surface area contributed by atoms with Gasteiger partial charge in [-0.05, 0) is 43.9 Å². The molecule has 5 heteroatoms. The molecule has 1 heterocycles. The number of piperidine rings is 1. The molecule has 21 heavy (non-hydrogen) atoms. The molecule has 1 amide bonds. The van der Waals surface area contributed by atoms with Gasteiger partial charge in [0.1, 0.15) is 11.8 Å². The van der Waals surface area contributed by atoms with Gasteiger partial charge in [0, 0.05) is 6.54 Å². The summed E-state index contributed by atoms with van der Waals surface area (Å²) >= 11 is 0. The number of carboxylic acid groups (broad SMARTS) is 1. The molecule has 1 aromatic rings. The van der Waals surface area contributed by atoms with Crippen LogP contribution in [-0.2, 0) is 9.59 Å². The largest absolute Gasteiger partial charge is 0.497 e. The summed E-state index contributed by atoms with van der Waals surface area (Å²) in [4.78, 5) is 25.4. The number of ether oxygens (including phenoxy) is 1. The fourth-order valence-electron chi connectivity index (χ4n) is 2.74. The van der Waals surface area contributed by atoms with E-state index < -0.39 is 12.0 Å². The van der Waals surface area contributed by atoms with Crippen molar-refractivity contribution in [3.05, 3.63) is 29.8 Å². The summed E-state index contributed by atoms with van der Waals surface area (Å²) in [5, 5.41) is 9.27. The Balaban J connectivity index is 2.14. The Kier molecular flexibility index (Phi) is 4.83. The minimum Gasteiger partial charge on any atom is -0.497 e. The number of rotatable bonds is 4. The monoisotopic (exact) mass is 291 g/mol. The van der Waals surface area contributed by atoms with Gasteiger partial charge >= 0.3 is 5.97 Å². The molecule has 0 aromatic heterocycles. The molecule has 1 aromatic carbocycles. The van der Waals surface area contributed by atoms with Gasteiger partial charge < -0.3 is 14.7 Å². The zero-order chi connectivity index (χ0) is 15.4. The number of aliphatic carboxylic acids is 1. The van der Waals surface area contributed by atoms with E-state index in [2.05, 4.69) is 0 Å². The van der Waals surface area contributed by atoms with Crippen molar-refractivity contribution in [2.45, 2.75) is 38.1 Å². The molecule has 0 aliphatic carbocycles. The molecule has 114 valence electrons. The van der Waals surface area contributed by atoms with E-state index in [1.807, 2.05) is 31.2 Å². The Morgan fingerprint density at radius 2 is 1.95 bits per heavy atom. The highest BCUT2D eigenvalue weighted by Crippen LogP contribution is 2.25. The Labute approximate surface area is 124 Å². The highest BCUT2D eigenvalue weighted by atomic mass is 16.5. The van der Waals surface area contributed by atoms with Gasteiger partial charge in [-0.2, -0.15) is 0 Å². The Bertz CT molecular complexity index is 512. The molecular formula is C16H21NO4. The summed E-state index contributed by atoms with van der Waals surface area (Å²) in [5.74, 6) is -0.645. The standard InChI is InChI=1S/C16H21NO4/c1-11(12-6-8-13(21-2)9-7-12)15(18)17-10-4-3-5-14(17)16(19)20/h6-9,11,14H,3-5,10H2,1-2H3,(H,19,20)/t11?,14-/m1/s1. The number of benzene rings is 1. The van der Waals surface area contributed by atoms with Crippen molar-refractivity contribution in [1.82, 2.24) is 4.90 Å². The van der Waals surface area contributed by atoms with Gasteiger partial charge in [0.25, 0.3) is 0 Å². The molecule has 1 aliphatic heterocycles. The Morgan fingerprint density at radius 1 is 1.29 bits per heavy atom. The number of likely N-dealkylation sites (tertiary alicyclic amines) is 1. The number of methoxy groups -OCH3 is 1. The van der Waals surface area contributed by atoms with Crippen LogP contribution in [0, 0.1) is 0 Å². The molecule has 2 rings (SSSR count). The van der Waals surface area contributed by atoms with Gasteiger partial charge in [0.15, 0.2) is 0 Å². The van der Waals surface area contributed by atoms with Crippen molar-refractivity contribution in [3.8, 4) is 5.75 Å². The average Bonchev–Trinajstić information content (AvgIpc) is 2.53. The van der Waals surface area contributed by atoms with Gasteiger partial charge in [-0.1, -0.05) is 12.1 Å². The van der Waals surface area contributed by atoms with Gasteiger partial charge in [-0.15, -0.1) is 0 Å². The van der Waals surface area contributed by atoms with Gasteiger partial charge in [-0.25, -0.2) is 4.79 Å². The van der Waals surface area contributed by atoms with E-state index in [4.69, 9.17) is 4.74 Å². The molecule has 0 spiro atoms. The second kappa shape index (κ2) is 6.61. The molecule has 0 saturated carbocycles. The third kappa shape index (κ3) is 3.35. The highest BCUT2D eigenvalue weighted by Gasteiger charge is 2.34. The lowest BCUT2D eigenvalue weighted by atomic mass is 9.95. The van der Waals surface area contributed by atoms with E-state index in [0.29, 0.717) is 13.0 Å². The molecular weight excluding hydrogens is 270 g/mol. The fourth-order valence-corrected chi connectivity index (χ4v) is 2.74. The number of hydrogen-bond acceptors (Lipinski definition) is 3. The average molecular weight is 291 g/mol. The van der Waals surface area contributed by atoms with Crippen LogP contribution in [0.3, 0.4) is 0 Å². The Morgan fingerprint density at radius 3 is 2.52 bits per heavy atom. The SMILES string of the molecule is COc1ccc(C(C)C(=O)N2CCCC[C@@H]2C(=O)O)cc1. The minimum absolute atomic E-state index is 0.118. The third-order valence-corrected chi connectivity index (χ3v) is 4.06. The maximum absolute atomic E-state index is 12.6. The molecule has 2 atom stereocenters. The van der Waals surface area contributed by atoms with Crippen molar-refractivity contribution < 1.29 is 19.4 Å². The fraction of sp³-hybridized carbons (Fsp3) is 0.500. The van der Waals surface area contributed by atoms with E-state index in [-0.39, 0.29) is 11.8 Å². The minimum atomic E-state index is -0.912. The van der Waals surface area contributed by atoms with Gasteiger partial charge in [-0.3, -0.25) is 4.79 Å². The van der Waals surface area contributed by atoms with Gasteiger partial charge in [0.2, 0.25) is 5.91 Å². The lowest BCUT2D eigenvalue weighted by Crippen LogP contribution is -2.49. The van der Waals surface area contributed by atoms with Crippen LogP contribution in [-0.4, -0.2) is 41.6 Å². The second-order valence-electron chi connectivity index (χ2n) is 5.38. The van der Waals surface area contributed by atoms with Crippen LogP contribution in [0.4, 0.5) is 0 Å².